The molecule has 1 atom stereocenters. The molecule has 0 amide bonds. The molecular formula is C15H13NO4. The minimum Gasteiger partial charge on any atom is -0.420 e. The van der Waals surface area contributed by atoms with Crippen LogP contribution in [0.2, 0.25) is 0 Å². The average molecular weight is 271 g/mol. The van der Waals surface area contributed by atoms with E-state index in [-0.39, 0.29) is 12.4 Å². The fourth-order valence-corrected chi connectivity index (χ4v) is 2.14. The van der Waals surface area contributed by atoms with E-state index in [4.69, 9.17) is 9.47 Å². The minimum absolute atomic E-state index is 0.264. The van der Waals surface area contributed by atoms with Gasteiger partial charge in [-0.05, 0) is 19.1 Å². The predicted molar refractivity (Wildman–Crippen MR) is 70.1 cm³/mol. The Morgan fingerprint density at radius 2 is 2.15 bits per heavy atom. The second-order valence-electron chi connectivity index (χ2n) is 4.53. The molecule has 2 aromatic rings. The number of aryl methyl sites for hydroxylation is 1. The van der Waals surface area contributed by atoms with Crippen LogP contribution < -0.4 is 4.74 Å². The Hall–Kier alpha value is -2.24. The molecule has 0 radical (unpaired) electrons. The maximum atomic E-state index is 12.1. The molecular weight excluding hydrogens is 258 g/mol. The molecule has 3 rings (SSSR count). The number of aliphatic hydroxyl groups excluding tert-OH is 1. The number of carbonyl (C=O) groups is 1. The third-order valence-corrected chi connectivity index (χ3v) is 3.18. The lowest BCUT2D eigenvalue weighted by molar-refractivity contribution is -0.0925. The van der Waals surface area contributed by atoms with Crippen LogP contribution in [-0.4, -0.2) is 16.1 Å². The summed E-state index contributed by atoms with van der Waals surface area (Å²) in [6, 6.07) is 8.67. The van der Waals surface area contributed by atoms with E-state index in [2.05, 4.69) is 4.98 Å². The Kier molecular flexibility index (Phi) is 3.22. The second kappa shape index (κ2) is 5.03. The summed E-state index contributed by atoms with van der Waals surface area (Å²) in [6.45, 7) is 1.98. The van der Waals surface area contributed by atoms with Gasteiger partial charge in [-0.15, -0.1) is 0 Å². The van der Waals surface area contributed by atoms with E-state index in [0.29, 0.717) is 16.8 Å². The maximum Gasteiger partial charge on any atom is 0.343 e. The van der Waals surface area contributed by atoms with Gasteiger partial charge in [0.15, 0.2) is 12.0 Å². The van der Waals surface area contributed by atoms with Gasteiger partial charge in [0.2, 0.25) is 0 Å². The first kappa shape index (κ1) is 12.8. The van der Waals surface area contributed by atoms with Crippen LogP contribution >= 0.6 is 0 Å². The van der Waals surface area contributed by atoms with E-state index in [0.717, 1.165) is 5.56 Å². The number of fused-ring (bicyclic) bond motifs is 1. The highest BCUT2D eigenvalue weighted by molar-refractivity contribution is 5.91. The molecule has 1 aromatic heterocycles. The number of carbonyl (C=O) groups excluding carboxylic acids is 1. The van der Waals surface area contributed by atoms with Crippen molar-refractivity contribution in [2.24, 2.45) is 0 Å². The highest BCUT2D eigenvalue weighted by Gasteiger charge is 2.28. The molecule has 20 heavy (non-hydrogen) atoms. The van der Waals surface area contributed by atoms with Gasteiger partial charge in [-0.1, -0.05) is 18.2 Å². The molecule has 1 aliphatic rings. The number of rotatable bonds is 2. The lowest BCUT2D eigenvalue weighted by Gasteiger charge is -2.12. The Morgan fingerprint density at radius 1 is 1.40 bits per heavy atom. The van der Waals surface area contributed by atoms with Gasteiger partial charge in [0.25, 0.3) is 0 Å². The number of aromatic nitrogens is 1. The van der Waals surface area contributed by atoms with Gasteiger partial charge >= 0.3 is 5.97 Å². The highest BCUT2D eigenvalue weighted by Crippen LogP contribution is 2.37. The van der Waals surface area contributed by atoms with Crippen LogP contribution in [0.3, 0.4) is 0 Å². The summed E-state index contributed by atoms with van der Waals surface area (Å²) in [6.07, 6.45) is 0.547. The van der Waals surface area contributed by atoms with Crippen molar-refractivity contribution in [2.75, 3.05) is 0 Å². The van der Waals surface area contributed by atoms with Gasteiger partial charge < -0.3 is 14.6 Å². The van der Waals surface area contributed by atoms with E-state index in [1.807, 2.05) is 6.07 Å². The largest absolute Gasteiger partial charge is 0.420 e. The van der Waals surface area contributed by atoms with Crippen molar-refractivity contribution < 1.29 is 19.4 Å². The molecule has 5 nitrogen and oxygen atoms in total. The van der Waals surface area contributed by atoms with Crippen molar-refractivity contribution in [3.8, 4) is 5.75 Å². The third kappa shape index (κ3) is 2.17. The monoisotopic (exact) mass is 271 g/mol. The van der Waals surface area contributed by atoms with Crippen LogP contribution in [0.4, 0.5) is 0 Å². The first-order valence-corrected chi connectivity index (χ1v) is 6.22. The fraction of sp³-hybridized carbons (Fsp3) is 0.200. The normalized spacial score (nSPS) is 16.8. The zero-order valence-electron chi connectivity index (χ0n) is 10.9. The summed E-state index contributed by atoms with van der Waals surface area (Å²) in [5.74, 6) is -0.204. The summed E-state index contributed by atoms with van der Waals surface area (Å²) in [7, 11) is 0. The molecule has 0 fully saturated rings. The molecule has 102 valence electrons. The van der Waals surface area contributed by atoms with Crippen LogP contribution in [0.5, 0.6) is 5.75 Å². The first-order chi connectivity index (χ1) is 9.66. The highest BCUT2D eigenvalue weighted by atomic mass is 16.6. The van der Waals surface area contributed by atoms with Crippen molar-refractivity contribution in [1.29, 1.82) is 0 Å². The Morgan fingerprint density at radius 3 is 2.90 bits per heavy atom. The molecule has 0 aliphatic carbocycles. The number of esters is 1. The number of aliphatic hydroxyl groups is 1. The fourth-order valence-electron chi connectivity index (χ4n) is 2.14. The summed E-state index contributed by atoms with van der Waals surface area (Å²) >= 11 is 0. The molecule has 2 heterocycles. The third-order valence-electron chi connectivity index (χ3n) is 3.18. The van der Waals surface area contributed by atoms with Gasteiger partial charge in [-0.3, -0.25) is 4.98 Å². The number of pyridine rings is 1. The van der Waals surface area contributed by atoms with Crippen molar-refractivity contribution >= 4 is 5.97 Å². The minimum atomic E-state index is -1.08. The number of nitrogens with zero attached hydrogens (tertiary/aromatic N) is 1. The van der Waals surface area contributed by atoms with Gasteiger partial charge in [0.05, 0.1) is 23.4 Å². The lowest BCUT2D eigenvalue weighted by Crippen LogP contribution is -2.12. The van der Waals surface area contributed by atoms with Crippen molar-refractivity contribution in [3.05, 3.63) is 58.9 Å². The van der Waals surface area contributed by atoms with Crippen LogP contribution in [0, 0.1) is 6.92 Å². The lowest BCUT2D eigenvalue weighted by atomic mass is 10.1. The quantitative estimate of drug-likeness (QED) is 0.847. The predicted octanol–water partition coefficient (Wildman–Crippen LogP) is 2.13. The smallest absolute Gasteiger partial charge is 0.343 e. The number of benzene rings is 1. The molecule has 5 heteroatoms. The van der Waals surface area contributed by atoms with Crippen LogP contribution in [0.1, 0.15) is 33.5 Å². The first-order valence-electron chi connectivity index (χ1n) is 6.22. The average Bonchev–Trinajstić information content (AvgIpc) is 2.84. The van der Waals surface area contributed by atoms with Crippen molar-refractivity contribution in [2.45, 2.75) is 19.8 Å². The van der Waals surface area contributed by atoms with E-state index in [9.17, 15) is 9.90 Å². The standard InChI is InChI=1S/C15H13NO4/c1-9-13(12-11(7-16-9)8-19-15(12)18)20-14(17)10-5-3-2-4-6-10/h2-7,15,18H,8H2,1H3/t15-/m1/s1. The molecule has 1 aromatic carbocycles. The zero-order chi connectivity index (χ0) is 14.1. The van der Waals surface area contributed by atoms with E-state index < -0.39 is 12.3 Å². The summed E-state index contributed by atoms with van der Waals surface area (Å²) < 4.78 is 10.5. The molecule has 0 saturated heterocycles. The van der Waals surface area contributed by atoms with Crippen LogP contribution in [0.15, 0.2) is 36.5 Å². The number of hydrogen-bond acceptors (Lipinski definition) is 5. The molecule has 0 saturated carbocycles. The Labute approximate surface area is 115 Å². The molecule has 0 unspecified atom stereocenters. The summed E-state index contributed by atoms with van der Waals surface area (Å²) in [5.41, 5.74) is 2.20. The zero-order valence-corrected chi connectivity index (χ0v) is 10.9. The van der Waals surface area contributed by atoms with Gasteiger partial charge in [0.1, 0.15) is 0 Å². The maximum absolute atomic E-state index is 12.1. The molecule has 0 bridgehead atoms. The topological polar surface area (TPSA) is 68.7 Å². The van der Waals surface area contributed by atoms with E-state index in [1.54, 1.807) is 37.4 Å². The Bertz CT molecular complexity index is 654. The number of hydrogen-bond donors (Lipinski definition) is 1. The van der Waals surface area contributed by atoms with Crippen LogP contribution in [0.25, 0.3) is 0 Å². The van der Waals surface area contributed by atoms with Crippen molar-refractivity contribution in [1.82, 2.24) is 4.98 Å². The SMILES string of the molecule is Cc1ncc2c(c1OC(=O)c1ccccc1)[C@H](O)OC2. The van der Waals surface area contributed by atoms with Gasteiger partial charge in [0, 0.05) is 11.8 Å². The number of ether oxygens (including phenoxy) is 2. The van der Waals surface area contributed by atoms with Gasteiger partial charge in [-0.2, -0.15) is 0 Å². The van der Waals surface area contributed by atoms with E-state index in [1.165, 1.54) is 0 Å². The summed E-state index contributed by atoms with van der Waals surface area (Å²) in [4.78, 5) is 16.3. The van der Waals surface area contributed by atoms with Crippen molar-refractivity contribution in [3.63, 3.8) is 0 Å². The van der Waals surface area contributed by atoms with E-state index >= 15 is 0 Å². The Balaban J connectivity index is 1.96. The molecule has 1 aliphatic heterocycles. The molecule has 0 spiro atoms. The van der Waals surface area contributed by atoms with Gasteiger partial charge in [-0.25, -0.2) is 4.79 Å². The summed E-state index contributed by atoms with van der Waals surface area (Å²) in [5, 5.41) is 9.83. The second-order valence-corrected chi connectivity index (χ2v) is 4.53. The van der Waals surface area contributed by atoms with Crippen LogP contribution in [-0.2, 0) is 11.3 Å². The molecule has 1 N–H and O–H groups in total.